The average molecular weight is 372 g/mol. The molecular formula is C24H22P2. The van der Waals surface area contributed by atoms with Gasteiger partial charge in [-0.25, -0.2) is 0 Å². The molecular weight excluding hydrogens is 350 g/mol. The van der Waals surface area contributed by atoms with E-state index in [1.165, 1.54) is 21.2 Å². The summed E-state index contributed by atoms with van der Waals surface area (Å²) >= 11 is 0. The van der Waals surface area contributed by atoms with Gasteiger partial charge in [0, 0.05) is 0 Å². The molecule has 0 saturated carbocycles. The van der Waals surface area contributed by atoms with Crippen molar-refractivity contribution in [3.63, 3.8) is 0 Å². The number of hydrogen-bond acceptors (Lipinski definition) is 0. The zero-order chi connectivity index (χ0) is 17.7. The van der Waals surface area contributed by atoms with Gasteiger partial charge in [-0.05, 0) is 0 Å². The maximum atomic E-state index is 2.32. The fourth-order valence-electron chi connectivity index (χ4n) is 3.52. The van der Waals surface area contributed by atoms with Gasteiger partial charge in [0.1, 0.15) is 0 Å². The normalized spacial score (nSPS) is 12.3. The maximum absolute atomic E-state index is 2.32. The van der Waals surface area contributed by atoms with Crippen LogP contribution in [0.5, 0.6) is 0 Å². The number of hydrogen-bond donors (Lipinski definition) is 0. The number of rotatable bonds is 5. The van der Waals surface area contributed by atoms with Crippen molar-refractivity contribution >= 4 is 36.4 Å². The molecule has 0 aliphatic rings. The number of benzene rings is 4. The van der Waals surface area contributed by atoms with Gasteiger partial charge in [-0.3, -0.25) is 0 Å². The monoisotopic (exact) mass is 372 g/mol. The van der Waals surface area contributed by atoms with Crippen LogP contribution in [0, 0.1) is 0 Å². The Kier molecular flexibility index (Phi) is 5.26. The van der Waals surface area contributed by atoms with Crippen molar-refractivity contribution in [2.75, 3.05) is 0 Å². The van der Waals surface area contributed by atoms with Crippen molar-refractivity contribution < 1.29 is 0 Å². The molecule has 0 N–H and O–H groups in total. The van der Waals surface area contributed by atoms with Crippen molar-refractivity contribution in [3.8, 4) is 0 Å². The molecule has 0 spiro atoms. The molecule has 1 unspecified atom stereocenters. The standard InChI is InChI=1S/C24H22P2/c1-5-13-21(14-6-1)25-26(22-15-7-2-8-16-22,23-17-9-3-10-18-23)24-19-11-4-12-20-24/h1-20,25-26H. The van der Waals surface area contributed by atoms with E-state index in [2.05, 4.69) is 121 Å². The molecule has 0 aliphatic carbocycles. The third-order valence-corrected chi connectivity index (χ3v) is 13.9. The first-order valence-electron chi connectivity index (χ1n) is 8.89. The molecule has 128 valence electrons. The molecule has 4 rings (SSSR count). The third-order valence-electron chi connectivity index (χ3n) is 4.73. The fraction of sp³-hybridized carbons (Fsp3) is 0. The second-order valence-corrected chi connectivity index (χ2v) is 13.4. The first kappa shape index (κ1) is 17.2. The summed E-state index contributed by atoms with van der Waals surface area (Å²) in [6, 6.07) is 44.3. The molecule has 2 heteroatoms. The van der Waals surface area contributed by atoms with E-state index in [1.54, 1.807) is 0 Å². The molecule has 0 nitrogen and oxygen atoms in total. The van der Waals surface area contributed by atoms with Crippen LogP contribution in [-0.4, -0.2) is 0 Å². The molecule has 0 aliphatic heterocycles. The van der Waals surface area contributed by atoms with E-state index in [1.807, 2.05) is 0 Å². The van der Waals surface area contributed by atoms with Crippen LogP contribution >= 0.6 is 15.2 Å². The van der Waals surface area contributed by atoms with E-state index in [-0.39, 0.29) is 0 Å². The molecule has 0 saturated heterocycles. The zero-order valence-corrected chi connectivity index (χ0v) is 16.5. The molecule has 4 aromatic rings. The topological polar surface area (TPSA) is 0 Å². The molecule has 4 aromatic carbocycles. The van der Waals surface area contributed by atoms with Crippen LogP contribution in [0.3, 0.4) is 0 Å². The van der Waals surface area contributed by atoms with E-state index in [0.29, 0.717) is 0 Å². The second kappa shape index (κ2) is 7.96. The third kappa shape index (κ3) is 3.36. The fourth-order valence-corrected chi connectivity index (χ4v) is 12.4. The predicted molar refractivity (Wildman–Crippen MR) is 121 cm³/mol. The second-order valence-electron chi connectivity index (χ2n) is 6.34. The SMILES string of the molecule is c1ccc(P[PH](c2ccccc2)(c2ccccc2)c2ccccc2)cc1. The molecule has 0 heterocycles. The van der Waals surface area contributed by atoms with Crippen LogP contribution in [0.4, 0.5) is 0 Å². The Labute approximate surface area is 157 Å². The Balaban J connectivity index is 2.00. The minimum atomic E-state index is -2.14. The predicted octanol–water partition coefficient (Wildman–Crippen LogP) is 4.63. The van der Waals surface area contributed by atoms with Crippen LogP contribution < -0.4 is 21.2 Å². The first-order chi connectivity index (χ1) is 12.9. The molecule has 26 heavy (non-hydrogen) atoms. The van der Waals surface area contributed by atoms with Crippen LogP contribution in [0.15, 0.2) is 121 Å². The van der Waals surface area contributed by atoms with Gasteiger partial charge in [0.15, 0.2) is 0 Å². The molecule has 0 bridgehead atoms. The van der Waals surface area contributed by atoms with E-state index in [4.69, 9.17) is 0 Å². The van der Waals surface area contributed by atoms with E-state index in [9.17, 15) is 0 Å². The van der Waals surface area contributed by atoms with Crippen molar-refractivity contribution in [2.45, 2.75) is 0 Å². The summed E-state index contributed by atoms with van der Waals surface area (Å²) in [5.41, 5.74) is 0. The van der Waals surface area contributed by atoms with Gasteiger partial charge in [-0.1, -0.05) is 0 Å². The Bertz CT molecular complexity index is 840. The van der Waals surface area contributed by atoms with Gasteiger partial charge in [0.05, 0.1) is 0 Å². The molecule has 0 amide bonds. The van der Waals surface area contributed by atoms with Crippen molar-refractivity contribution in [3.05, 3.63) is 121 Å². The van der Waals surface area contributed by atoms with Crippen molar-refractivity contribution in [2.24, 2.45) is 0 Å². The van der Waals surface area contributed by atoms with Crippen molar-refractivity contribution in [1.29, 1.82) is 0 Å². The summed E-state index contributed by atoms with van der Waals surface area (Å²) in [5, 5.41) is 5.84. The van der Waals surface area contributed by atoms with Gasteiger partial charge in [-0.15, -0.1) is 0 Å². The van der Waals surface area contributed by atoms with Gasteiger partial charge in [0.25, 0.3) is 0 Å². The van der Waals surface area contributed by atoms with Crippen LogP contribution in [-0.2, 0) is 0 Å². The molecule has 0 radical (unpaired) electrons. The first-order valence-corrected chi connectivity index (χ1v) is 12.9. The van der Waals surface area contributed by atoms with Crippen molar-refractivity contribution in [1.82, 2.24) is 0 Å². The van der Waals surface area contributed by atoms with Crippen LogP contribution in [0.25, 0.3) is 0 Å². The van der Waals surface area contributed by atoms with Crippen LogP contribution in [0.2, 0.25) is 0 Å². The minimum absolute atomic E-state index is 0.737. The summed E-state index contributed by atoms with van der Waals surface area (Å²) in [6.07, 6.45) is 0. The Morgan fingerprint density at radius 1 is 0.385 bits per heavy atom. The summed E-state index contributed by atoms with van der Waals surface area (Å²) in [6.45, 7) is -2.14. The van der Waals surface area contributed by atoms with Gasteiger partial charge in [0.2, 0.25) is 0 Å². The van der Waals surface area contributed by atoms with E-state index in [0.717, 1.165) is 8.27 Å². The quantitative estimate of drug-likeness (QED) is 0.448. The Morgan fingerprint density at radius 3 is 1.04 bits per heavy atom. The summed E-state index contributed by atoms with van der Waals surface area (Å²) in [4.78, 5) is 0. The van der Waals surface area contributed by atoms with Gasteiger partial charge >= 0.3 is 158 Å². The summed E-state index contributed by atoms with van der Waals surface area (Å²) in [5.74, 6) is 0. The molecule has 1 atom stereocenters. The summed E-state index contributed by atoms with van der Waals surface area (Å²) < 4.78 is 0. The Morgan fingerprint density at radius 2 is 0.692 bits per heavy atom. The molecule has 0 fully saturated rings. The van der Waals surface area contributed by atoms with Gasteiger partial charge in [-0.2, -0.15) is 0 Å². The van der Waals surface area contributed by atoms with Gasteiger partial charge < -0.3 is 0 Å². The summed E-state index contributed by atoms with van der Waals surface area (Å²) in [7, 11) is 0.737. The van der Waals surface area contributed by atoms with E-state index < -0.39 is 6.95 Å². The zero-order valence-electron chi connectivity index (χ0n) is 14.5. The van der Waals surface area contributed by atoms with E-state index >= 15 is 0 Å². The average Bonchev–Trinajstić information content (AvgIpc) is 2.75. The Hall–Kier alpha value is -2.26. The van der Waals surface area contributed by atoms with Crippen LogP contribution in [0.1, 0.15) is 0 Å². The molecule has 0 aromatic heterocycles.